The zero-order valence-corrected chi connectivity index (χ0v) is 7.97. The highest BCUT2D eigenvalue weighted by Crippen LogP contribution is 2.28. The molecule has 0 unspecified atom stereocenters. The van der Waals surface area contributed by atoms with Gasteiger partial charge >= 0.3 is 0 Å². The lowest BCUT2D eigenvalue weighted by molar-refractivity contribution is 1.34. The first kappa shape index (κ1) is 7.70. The fraction of sp³-hybridized carbons (Fsp3) is 0. The van der Waals surface area contributed by atoms with E-state index in [1.54, 1.807) is 17.5 Å². The van der Waals surface area contributed by atoms with E-state index in [2.05, 4.69) is 9.97 Å². The molecule has 0 atom stereocenters. The summed E-state index contributed by atoms with van der Waals surface area (Å²) in [6, 6.07) is 3.92. The molecular weight excluding hydrogens is 196 g/mol. The van der Waals surface area contributed by atoms with Gasteiger partial charge in [-0.2, -0.15) is 0 Å². The summed E-state index contributed by atoms with van der Waals surface area (Å²) < 4.78 is 2.03. The molecule has 0 bridgehead atoms. The molecule has 0 aliphatic rings. The quantitative estimate of drug-likeness (QED) is 0.607. The normalized spacial score (nSPS) is 11.1. The Labute approximate surface area is 83.0 Å². The third kappa shape index (κ3) is 0.914. The van der Waals surface area contributed by atoms with Crippen LogP contribution in [0.3, 0.4) is 0 Å². The minimum absolute atomic E-state index is 0.0174. The predicted octanol–water partition coefficient (Wildman–Crippen LogP) is 2.14. The van der Waals surface area contributed by atoms with Crippen molar-refractivity contribution in [3.05, 3.63) is 40.9 Å². The van der Waals surface area contributed by atoms with E-state index in [-0.39, 0.29) is 5.43 Å². The largest absolute Gasteiger partial charge is 0.360 e. The van der Waals surface area contributed by atoms with E-state index in [4.69, 9.17) is 0 Å². The van der Waals surface area contributed by atoms with Crippen molar-refractivity contribution in [2.45, 2.75) is 0 Å². The maximum atomic E-state index is 11.6. The van der Waals surface area contributed by atoms with Gasteiger partial charge in [0, 0.05) is 12.4 Å². The molecule has 3 aromatic heterocycles. The topological polar surface area (TPSA) is 45.8 Å². The van der Waals surface area contributed by atoms with Gasteiger partial charge in [-0.05, 0) is 12.1 Å². The molecule has 3 nitrogen and oxygen atoms in total. The average Bonchev–Trinajstić information content (AvgIpc) is 2.57. The second-order valence-electron chi connectivity index (χ2n) is 3.02. The highest BCUT2D eigenvalue weighted by atomic mass is 32.1. The summed E-state index contributed by atoms with van der Waals surface area (Å²) in [5.74, 6) is 0. The van der Waals surface area contributed by atoms with Crippen LogP contribution in [0, 0.1) is 0 Å². The number of nitrogens with one attached hydrogen (secondary N) is 1. The molecule has 0 aliphatic heterocycles. The molecule has 0 saturated heterocycles. The van der Waals surface area contributed by atoms with E-state index < -0.39 is 0 Å². The van der Waals surface area contributed by atoms with Crippen molar-refractivity contribution in [2.75, 3.05) is 0 Å². The van der Waals surface area contributed by atoms with E-state index in [0.717, 1.165) is 20.3 Å². The van der Waals surface area contributed by atoms with Crippen LogP contribution in [0.5, 0.6) is 0 Å². The van der Waals surface area contributed by atoms with Gasteiger partial charge in [0.2, 0.25) is 5.43 Å². The smallest absolute Gasteiger partial charge is 0.207 e. The molecule has 0 radical (unpaired) electrons. The Morgan fingerprint density at radius 3 is 3.14 bits per heavy atom. The van der Waals surface area contributed by atoms with Crippen molar-refractivity contribution >= 4 is 31.6 Å². The zero-order valence-electron chi connectivity index (χ0n) is 7.15. The van der Waals surface area contributed by atoms with Crippen LogP contribution >= 0.6 is 11.3 Å². The van der Waals surface area contributed by atoms with Gasteiger partial charge in [0.1, 0.15) is 0 Å². The number of aromatic nitrogens is 2. The first-order chi connectivity index (χ1) is 6.86. The lowest BCUT2D eigenvalue weighted by Crippen LogP contribution is -1.98. The van der Waals surface area contributed by atoms with Crippen LogP contribution in [0.15, 0.2) is 35.5 Å². The summed E-state index contributed by atoms with van der Waals surface area (Å²) in [5, 5.41) is 0.751. The van der Waals surface area contributed by atoms with E-state index in [0.29, 0.717) is 0 Å². The molecule has 0 spiro atoms. The molecule has 0 fully saturated rings. The molecule has 0 aliphatic carbocycles. The lowest BCUT2D eigenvalue weighted by Gasteiger charge is -1.88. The molecule has 3 heterocycles. The van der Waals surface area contributed by atoms with Crippen LogP contribution in [0.2, 0.25) is 0 Å². The predicted molar refractivity (Wildman–Crippen MR) is 57.7 cm³/mol. The summed E-state index contributed by atoms with van der Waals surface area (Å²) in [5.41, 5.74) is 0.899. The number of fused-ring (bicyclic) bond motifs is 3. The second kappa shape index (κ2) is 2.65. The summed E-state index contributed by atoms with van der Waals surface area (Å²) in [6.45, 7) is 0. The van der Waals surface area contributed by atoms with Crippen LogP contribution < -0.4 is 5.43 Å². The van der Waals surface area contributed by atoms with Crippen LogP contribution in [0.4, 0.5) is 0 Å². The molecule has 0 aromatic carbocycles. The molecule has 14 heavy (non-hydrogen) atoms. The van der Waals surface area contributed by atoms with Gasteiger partial charge in [0.25, 0.3) is 0 Å². The van der Waals surface area contributed by atoms with E-state index in [1.807, 2.05) is 18.3 Å². The molecule has 4 heteroatoms. The van der Waals surface area contributed by atoms with Crippen molar-refractivity contribution in [3.63, 3.8) is 0 Å². The zero-order chi connectivity index (χ0) is 9.54. The molecule has 3 rings (SSSR count). The summed E-state index contributed by atoms with van der Waals surface area (Å²) in [4.78, 5) is 18.6. The van der Waals surface area contributed by atoms with Crippen LogP contribution in [-0.4, -0.2) is 9.97 Å². The van der Waals surface area contributed by atoms with Gasteiger partial charge < -0.3 is 4.98 Å². The third-order valence-corrected chi connectivity index (χ3v) is 3.25. The number of H-pyrrole nitrogens is 1. The minimum Gasteiger partial charge on any atom is -0.360 e. The van der Waals surface area contributed by atoms with Gasteiger partial charge in [-0.1, -0.05) is 0 Å². The Morgan fingerprint density at radius 2 is 2.21 bits per heavy atom. The second-order valence-corrected chi connectivity index (χ2v) is 4.11. The first-order valence-corrected chi connectivity index (χ1v) is 5.02. The van der Waals surface area contributed by atoms with E-state index in [1.165, 1.54) is 6.20 Å². The van der Waals surface area contributed by atoms with Crippen molar-refractivity contribution in [3.8, 4) is 0 Å². The Kier molecular flexibility index (Phi) is 1.46. The van der Waals surface area contributed by atoms with Crippen molar-refractivity contribution in [1.29, 1.82) is 0 Å². The maximum Gasteiger partial charge on any atom is 0.207 e. The Morgan fingerprint density at radius 1 is 1.29 bits per heavy atom. The van der Waals surface area contributed by atoms with Crippen LogP contribution in [0.25, 0.3) is 20.3 Å². The maximum absolute atomic E-state index is 11.6. The Bertz CT molecular complexity index is 668. The number of hydrogen-bond acceptors (Lipinski definition) is 3. The van der Waals surface area contributed by atoms with Gasteiger partial charge in [-0.15, -0.1) is 11.3 Å². The lowest BCUT2D eigenvalue weighted by atomic mass is 10.3. The summed E-state index contributed by atoms with van der Waals surface area (Å²) in [6.07, 6.45) is 4.92. The molecule has 0 amide bonds. The SMILES string of the molecule is O=c1cncc2sc3ccc[nH]c3c12. The fourth-order valence-corrected chi connectivity index (χ4v) is 2.63. The Hall–Kier alpha value is -1.68. The van der Waals surface area contributed by atoms with Crippen LogP contribution in [0.1, 0.15) is 0 Å². The van der Waals surface area contributed by atoms with Crippen LogP contribution in [-0.2, 0) is 0 Å². The fourth-order valence-electron chi connectivity index (χ4n) is 1.57. The Balaban J connectivity index is 2.73. The number of pyridine rings is 2. The van der Waals surface area contributed by atoms with Crippen molar-refractivity contribution in [1.82, 2.24) is 9.97 Å². The first-order valence-electron chi connectivity index (χ1n) is 4.20. The standard InChI is InChI=1S/C10H6N2OS/c13-6-4-11-5-8-9(6)10-7(14-8)2-1-3-12-10/h1-5,12H. The van der Waals surface area contributed by atoms with Crippen molar-refractivity contribution < 1.29 is 0 Å². The van der Waals surface area contributed by atoms with Gasteiger partial charge in [-0.3, -0.25) is 9.78 Å². The average molecular weight is 202 g/mol. The summed E-state index contributed by atoms with van der Waals surface area (Å²) in [7, 11) is 0. The van der Waals surface area contributed by atoms with Crippen molar-refractivity contribution in [2.24, 2.45) is 0 Å². The number of rotatable bonds is 0. The molecule has 68 valence electrons. The summed E-state index contributed by atoms with van der Waals surface area (Å²) >= 11 is 1.58. The molecule has 1 N–H and O–H groups in total. The minimum atomic E-state index is -0.0174. The number of thiophene rings is 1. The monoisotopic (exact) mass is 202 g/mol. The number of nitrogens with zero attached hydrogens (tertiary/aromatic N) is 1. The highest BCUT2D eigenvalue weighted by Gasteiger charge is 2.07. The van der Waals surface area contributed by atoms with Gasteiger partial charge in [0.15, 0.2) is 0 Å². The van der Waals surface area contributed by atoms with E-state index in [9.17, 15) is 4.79 Å². The molecule has 0 saturated carbocycles. The number of hydrogen-bond donors (Lipinski definition) is 1. The van der Waals surface area contributed by atoms with Gasteiger partial charge in [0.05, 0.1) is 26.5 Å². The number of aromatic amines is 1. The van der Waals surface area contributed by atoms with E-state index >= 15 is 0 Å². The molecular formula is C10H6N2OS. The van der Waals surface area contributed by atoms with Gasteiger partial charge in [-0.25, -0.2) is 0 Å². The molecule has 3 aromatic rings. The third-order valence-electron chi connectivity index (χ3n) is 2.16. The highest BCUT2D eigenvalue weighted by molar-refractivity contribution is 7.25.